The minimum absolute atomic E-state index is 0.631. The number of halogens is 1. The minimum Gasteiger partial charge on any atom is -0.354 e. The Morgan fingerprint density at radius 2 is 1.86 bits per heavy atom. The number of anilines is 1. The number of nitrogens with zero attached hydrogens (tertiary/aromatic N) is 7. The molecule has 0 amide bonds. The zero-order chi connectivity index (χ0) is 20.4. The fraction of sp³-hybridized carbons (Fsp3) is 0.300. The molecule has 1 fully saturated rings. The van der Waals surface area contributed by atoms with Crippen LogP contribution in [-0.4, -0.2) is 50.4 Å². The van der Waals surface area contributed by atoms with E-state index < -0.39 is 0 Å². The summed E-state index contributed by atoms with van der Waals surface area (Å²) in [6.07, 6.45) is 1.69. The first-order valence-electron chi connectivity index (χ1n) is 9.28. The number of benzene rings is 1. The Morgan fingerprint density at radius 3 is 2.55 bits per heavy atom. The van der Waals surface area contributed by atoms with Gasteiger partial charge in [-0.15, -0.1) is 0 Å². The number of hydrogen-bond donors (Lipinski definition) is 0. The Labute approximate surface area is 179 Å². The molecule has 4 rings (SSSR count). The SMILES string of the molecule is Cn1c(-c2ccc(Cl)cc2)nn(CN2CCN(c3cc(C#N)ccn3)CC2)c1=S. The first-order chi connectivity index (χ1) is 14.0. The molecule has 0 atom stereocenters. The van der Waals surface area contributed by atoms with Crippen molar-refractivity contribution in [3.63, 3.8) is 0 Å². The molecular formula is C20H20ClN7S. The number of hydrogen-bond acceptors (Lipinski definition) is 6. The summed E-state index contributed by atoms with van der Waals surface area (Å²) >= 11 is 11.6. The lowest BCUT2D eigenvalue weighted by Gasteiger charge is -2.35. The van der Waals surface area contributed by atoms with Crippen molar-refractivity contribution >= 4 is 29.6 Å². The zero-order valence-electron chi connectivity index (χ0n) is 16.0. The third kappa shape index (κ3) is 4.17. The molecule has 1 aliphatic rings. The summed E-state index contributed by atoms with van der Waals surface area (Å²) in [5.41, 5.74) is 1.61. The second kappa shape index (κ2) is 8.33. The van der Waals surface area contributed by atoms with Gasteiger partial charge in [0, 0.05) is 50.0 Å². The van der Waals surface area contributed by atoms with E-state index in [1.54, 1.807) is 12.3 Å². The van der Waals surface area contributed by atoms with Crippen LogP contribution in [0.4, 0.5) is 5.82 Å². The molecule has 2 aromatic heterocycles. The van der Waals surface area contributed by atoms with Gasteiger partial charge in [0.05, 0.1) is 18.3 Å². The lowest BCUT2D eigenvalue weighted by atomic mass is 10.2. The molecule has 148 valence electrons. The molecule has 0 bridgehead atoms. The molecule has 7 nitrogen and oxygen atoms in total. The van der Waals surface area contributed by atoms with Gasteiger partial charge < -0.3 is 9.47 Å². The maximum atomic E-state index is 9.08. The molecule has 0 N–H and O–H groups in total. The molecule has 0 saturated carbocycles. The van der Waals surface area contributed by atoms with Crippen molar-refractivity contribution in [2.75, 3.05) is 31.1 Å². The van der Waals surface area contributed by atoms with Crippen LogP contribution in [0, 0.1) is 16.1 Å². The van der Waals surface area contributed by atoms with Crippen LogP contribution >= 0.6 is 23.8 Å². The van der Waals surface area contributed by atoms with Crippen LogP contribution in [-0.2, 0) is 13.7 Å². The van der Waals surface area contributed by atoms with Gasteiger partial charge >= 0.3 is 0 Å². The van der Waals surface area contributed by atoms with Gasteiger partial charge in [-0.3, -0.25) is 4.90 Å². The highest BCUT2D eigenvalue weighted by atomic mass is 35.5. The topological polar surface area (TPSA) is 65.9 Å². The van der Waals surface area contributed by atoms with E-state index in [1.807, 2.05) is 46.6 Å². The molecule has 0 spiro atoms. The number of pyridine rings is 1. The summed E-state index contributed by atoms with van der Waals surface area (Å²) in [6, 6.07) is 13.3. The summed E-state index contributed by atoms with van der Waals surface area (Å²) in [5, 5.41) is 14.5. The first kappa shape index (κ1) is 19.6. The third-order valence-electron chi connectivity index (χ3n) is 5.05. The van der Waals surface area contributed by atoms with E-state index in [-0.39, 0.29) is 0 Å². The highest BCUT2D eigenvalue weighted by Gasteiger charge is 2.20. The third-order valence-corrected chi connectivity index (χ3v) is 5.78. The Kier molecular flexibility index (Phi) is 5.62. The quantitative estimate of drug-likeness (QED) is 0.597. The lowest BCUT2D eigenvalue weighted by Crippen LogP contribution is -2.47. The van der Waals surface area contributed by atoms with Gasteiger partial charge in [0.15, 0.2) is 10.6 Å². The second-order valence-corrected chi connectivity index (χ2v) is 7.73. The largest absolute Gasteiger partial charge is 0.354 e. The van der Waals surface area contributed by atoms with E-state index in [2.05, 4.69) is 20.9 Å². The van der Waals surface area contributed by atoms with Crippen molar-refractivity contribution in [1.82, 2.24) is 24.2 Å². The van der Waals surface area contributed by atoms with Gasteiger partial charge in [-0.2, -0.15) is 10.4 Å². The summed E-state index contributed by atoms with van der Waals surface area (Å²) in [7, 11) is 1.93. The molecule has 29 heavy (non-hydrogen) atoms. The number of nitriles is 1. The molecule has 1 aromatic carbocycles. The Morgan fingerprint density at radius 1 is 1.14 bits per heavy atom. The summed E-state index contributed by atoms with van der Waals surface area (Å²) < 4.78 is 4.47. The van der Waals surface area contributed by atoms with E-state index in [0.717, 1.165) is 43.4 Å². The van der Waals surface area contributed by atoms with Gasteiger partial charge in [-0.1, -0.05) is 11.6 Å². The average molecular weight is 426 g/mol. The van der Waals surface area contributed by atoms with Crippen LogP contribution in [0.1, 0.15) is 5.56 Å². The van der Waals surface area contributed by atoms with Gasteiger partial charge in [0.25, 0.3) is 0 Å². The minimum atomic E-state index is 0.631. The first-order valence-corrected chi connectivity index (χ1v) is 10.1. The fourth-order valence-corrected chi connectivity index (χ4v) is 3.71. The van der Waals surface area contributed by atoms with Crippen molar-refractivity contribution < 1.29 is 0 Å². The predicted octanol–water partition coefficient (Wildman–Crippen LogP) is 3.32. The van der Waals surface area contributed by atoms with Gasteiger partial charge in [-0.05, 0) is 48.6 Å². The zero-order valence-corrected chi connectivity index (χ0v) is 17.6. The smallest absolute Gasteiger partial charge is 0.199 e. The van der Waals surface area contributed by atoms with Gasteiger partial charge in [-0.25, -0.2) is 9.67 Å². The monoisotopic (exact) mass is 425 g/mol. The summed E-state index contributed by atoms with van der Waals surface area (Å²) in [6.45, 7) is 4.05. The summed E-state index contributed by atoms with van der Waals surface area (Å²) in [5.74, 6) is 1.67. The van der Waals surface area contributed by atoms with Crippen LogP contribution in [0.5, 0.6) is 0 Å². The average Bonchev–Trinajstić information content (AvgIpc) is 3.03. The molecule has 0 radical (unpaired) electrons. The summed E-state index contributed by atoms with van der Waals surface area (Å²) in [4.78, 5) is 8.92. The normalized spacial score (nSPS) is 14.7. The Hall–Kier alpha value is -2.73. The molecule has 1 aliphatic heterocycles. The van der Waals surface area contributed by atoms with Crippen molar-refractivity contribution in [2.24, 2.45) is 7.05 Å². The Bertz CT molecular complexity index is 1110. The number of rotatable bonds is 4. The van der Waals surface area contributed by atoms with Crippen LogP contribution < -0.4 is 4.90 Å². The molecule has 3 heterocycles. The standard InChI is InChI=1S/C20H20ClN7S/c1-25-19(16-2-4-17(21)5-3-16)24-28(20(25)29)14-26-8-10-27(11-9-26)18-12-15(13-22)6-7-23-18/h2-7,12H,8-11,14H2,1H3. The highest BCUT2D eigenvalue weighted by molar-refractivity contribution is 7.71. The second-order valence-electron chi connectivity index (χ2n) is 6.93. The number of aromatic nitrogens is 4. The van der Waals surface area contributed by atoms with Crippen LogP contribution in [0.15, 0.2) is 42.6 Å². The van der Waals surface area contributed by atoms with E-state index in [1.165, 1.54) is 0 Å². The van der Waals surface area contributed by atoms with Crippen molar-refractivity contribution in [2.45, 2.75) is 6.67 Å². The van der Waals surface area contributed by atoms with Gasteiger partial charge in [0.2, 0.25) is 0 Å². The molecular weight excluding hydrogens is 406 g/mol. The van der Waals surface area contributed by atoms with Crippen LogP contribution in [0.25, 0.3) is 11.4 Å². The predicted molar refractivity (Wildman–Crippen MR) is 115 cm³/mol. The molecule has 0 aliphatic carbocycles. The highest BCUT2D eigenvalue weighted by Crippen LogP contribution is 2.20. The molecule has 9 heteroatoms. The van der Waals surface area contributed by atoms with Crippen LogP contribution in [0.3, 0.4) is 0 Å². The molecule has 1 saturated heterocycles. The van der Waals surface area contributed by atoms with Crippen molar-refractivity contribution in [1.29, 1.82) is 5.26 Å². The molecule has 3 aromatic rings. The van der Waals surface area contributed by atoms with E-state index >= 15 is 0 Å². The maximum Gasteiger partial charge on any atom is 0.199 e. The maximum absolute atomic E-state index is 9.08. The fourth-order valence-electron chi connectivity index (χ4n) is 3.40. The van der Waals surface area contributed by atoms with E-state index in [9.17, 15) is 0 Å². The molecule has 0 unspecified atom stereocenters. The van der Waals surface area contributed by atoms with E-state index in [0.29, 0.717) is 22.0 Å². The van der Waals surface area contributed by atoms with Crippen molar-refractivity contribution in [3.8, 4) is 17.5 Å². The number of piperazine rings is 1. The van der Waals surface area contributed by atoms with E-state index in [4.69, 9.17) is 34.2 Å². The Balaban J connectivity index is 1.44. The van der Waals surface area contributed by atoms with Gasteiger partial charge in [0.1, 0.15) is 5.82 Å². The van der Waals surface area contributed by atoms with Crippen molar-refractivity contribution in [3.05, 3.63) is 58.0 Å². The van der Waals surface area contributed by atoms with Crippen LogP contribution in [0.2, 0.25) is 5.02 Å². The lowest BCUT2D eigenvalue weighted by molar-refractivity contribution is 0.194.